The van der Waals surface area contributed by atoms with Crippen LogP contribution in [0.1, 0.15) is 27.8 Å². The molecule has 1 aromatic carbocycles. The SMILES string of the molecule is Cl.Cl.Cn1ccnc1C1CNCCN1C(=O)c1ccc(CN2CCSCC2)cc1. The Balaban J connectivity index is 0.00000150. The van der Waals surface area contributed by atoms with Gasteiger partial charge in [-0.25, -0.2) is 4.98 Å². The van der Waals surface area contributed by atoms with Gasteiger partial charge in [-0.2, -0.15) is 11.8 Å². The highest BCUT2D eigenvalue weighted by molar-refractivity contribution is 7.99. The van der Waals surface area contributed by atoms with Gasteiger partial charge in [0, 0.05) is 75.8 Å². The number of benzene rings is 1. The maximum atomic E-state index is 13.2. The third-order valence-electron chi connectivity index (χ3n) is 5.37. The summed E-state index contributed by atoms with van der Waals surface area (Å²) in [6.07, 6.45) is 3.72. The van der Waals surface area contributed by atoms with Crippen LogP contribution in [0.15, 0.2) is 36.7 Å². The molecular weight excluding hydrogens is 429 g/mol. The zero-order chi connectivity index (χ0) is 18.6. The van der Waals surface area contributed by atoms with Crippen LogP contribution in [0.3, 0.4) is 0 Å². The second kappa shape index (κ2) is 11.2. The molecule has 1 aromatic heterocycles. The molecule has 3 heterocycles. The normalized spacial score (nSPS) is 19.9. The summed E-state index contributed by atoms with van der Waals surface area (Å²) in [5, 5.41) is 3.39. The summed E-state index contributed by atoms with van der Waals surface area (Å²) in [5.74, 6) is 3.45. The maximum absolute atomic E-state index is 13.2. The van der Waals surface area contributed by atoms with Gasteiger partial charge in [-0.3, -0.25) is 9.69 Å². The van der Waals surface area contributed by atoms with Crippen molar-refractivity contribution in [3.8, 4) is 0 Å². The number of hydrogen-bond donors (Lipinski definition) is 1. The van der Waals surface area contributed by atoms with Gasteiger partial charge in [0.15, 0.2) is 0 Å². The summed E-state index contributed by atoms with van der Waals surface area (Å²) in [6, 6.07) is 8.14. The number of amides is 1. The summed E-state index contributed by atoms with van der Waals surface area (Å²) in [7, 11) is 1.98. The Bertz CT molecular complexity index is 779. The molecule has 2 aliphatic rings. The van der Waals surface area contributed by atoms with Crippen molar-refractivity contribution in [1.29, 1.82) is 0 Å². The van der Waals surface area contributed by atoms with Gasteiger partial charge in [0.25, 0.3) is 5.91 Å². The smallest absolute Gasteiger partial charge is 0.254 e. The van der Waals surface area contributed by atoms with Gasteiger partial charge in [0.1, 0.15) is 11.9 Å². The first-order chi connectivity index (χ1) is 13.2. The summed E-state index contributed by atoms with van der Waals surface area (Å²) in [5.41, 5.74) is 2.04. The number of carbonyl (C=O) groups excluding carboxylic acids is 1. The Hall–Kier alpha value is -1.25. The van der Waals surface area contributed by atoms with E-state index in [4.69, 9.17) is 0 Å². The van der Waals surface area contributed by atoms with Gasteiger partial charge in [0.2, 0.25) is 0 Å². The van der Waals surface area contributed by atoms with E-state index in [0.717, 1.165) is 44.1 Å². The van der Waals surface area contributed by atoms with Crippen molar-refractivity contribution in [2.75, 3.05) is 44.2 Å². The molecule has 0 spiro atoms. The fourth-order valence-corrected chi connectivity index (χ4v) is 4.79. The first-order valence-electron chi connectivity index (χ1n) is 9.60. The van der Waals surface area contributed by atoms with Crippen LogP contribution in [0.4, 0.5) is 0 Å². The monoisotopic (exact) mass is 457 g/mol. The predicted molar refractivity (Wildman–Crippen MR) is 123 cm³/mol. The zero-order valence-electron chi connectivity index (χ0n) is 16.6. The van der Waals surface area contributed by atoms with E-state index < -0.39 is 0 Å². The van der Waals surface area contributed by atoms with Crippen LogP contribution in [0.5, 0.6) is 0 Å². The summed E-state index contributed by atoms with van der Waals surface area (Å²) >= 11 is 2.03. The highest BCUT2D eigenvalue weighted by Gasteiger charge is 2.31. The summed E-state index contributed by atoms with van der Waals surface area (Å²) < 4.78 is 2.00. The number of piperazine rings is 1. The summed E-state index contributed by atoms with van der Waals surface area (Å²) in [4.78, 5) is 22.1. The molecule has 0 bridgehead atoms. The molecule has 160 valence electrons. The lowest BCUT2D eigenvalue weighted by atomic mass is 10.1. The average Bonchev–Trinajstić information content (AvgIpc) is 3.14. The molecule has 9 heteroatoms. The van der Waals surface area contributed by atoms with E-state index in [2.05, 4.69) is 27.3 Å². The number of nitrogens with zero attached hydrogens (tertiary/aromatic N) is 4. The number of nitrogens with one attached hydrogen (secondary N) is 1. The van der Waals surface area contributed by atoms with E-state index >= 15 is 0 Å². The Morgan fingerprint density at radius 2 is 1.90 bits per heavy atom. The van der Waals surface area contributed by atoms with E-state index in [-0.39, 0.29) is 36.8 Å². The fourth-order valence-electron chi connectivity index (χ4n) is 3.81. The Morgan fingerprint density at radius 3 is 2.55 bits per heavy atom. The van der Waals surface area contributed by atoms with Crippen molar-refractivity contribution in [3.63, 3.8) is 0 Å². The van der Waals surface area contributed by atoms with Gasteiger partial charge < -0.3 is 14.8 Å². The van der Waals surface area contributed by atoms with Gasteiger partial charge in [-0.05, 0) is 17.7 Å². The number of aromatic nitrogens is 2. The number of halogens is 2. The van der Waals surface area contributed by atoms with Crippen LogP contribution in [0, 0.1) is 0 Å². The standard InChI is InChI=1S/C20H27N5OS.2ClH/c1-23-8-7-22-19(23)18-14-21-6-9-25(18)20(26)17-4-2-16(3-5-17)15-24-10-12-27-13-11-24;;/h2-5,7-8,18,21H,6,9-15H2,1H3;2*1H. The van der Waals surface area contributed by atoms with Crippen LogP contribution in [0.25, 0.3) is 0 Å². The molecule has 0 aliphatic carbocycles. The molecular formula is C20H29Cl2N5OS. The van der Waals surface area contributed by atoms with E-state index in [1.807, 2.05) is 46.6 Å². The second-order valence-electron chi connectivity index (χ2n) is 7.20. The van der Waals surface area contributed by atoms with Gasteiger partial charge >= 0.3 is 0 Å². The molecule has 2 aromatic rings. The lowest BCUT2D eigenvalue weighted by Crippen LogP contribution is -2.49. The molecule has 1 amide bonds. The first-order valence-corrected chi connectivity index (χ1v) is 10.8. The van der Waals surface area contributed by atoms with E-state index in [0.29, 0.717) is 6.54 Å². The topological polar surface area (TPSA) is 53.4 Å². The molecule has 2 fully saturated rings. The molecule has 1 unspecified atom stereocenters. The molecule has 2 aliphatic heterocycles. The molecule has 4 rings (SSSR count). The van der Waals surface area contributed by atoms with E-state index in [1.54, 1.807) is 6.20 Å². The van der Waals surface area contributed by atoms with Crippen molar-refractivity contribution in [2.45, 2.75) is 12.6 Å². The Morgan fingerprint density at radius 1 is 1.17 bits per heavy atom. The zero-order valence-corrected chi connectivity index (χ0v) is 19.1. The number of carbonyl (C=O) groups is 1. The minimum atomic E-state index is -0.0308. The number of imidazole rings is 1. The van der Waals surface area contributed by atoms with Crippen molar-refractivity contribution in [2.24, 2.45) is 7.05 Å². The molecule has 0 radical (unpaired) electrons. The minimum Gasteiger partial charge on any atom is -0.336 e. The number of aryl methyl sites for hydroxylation is 1. The lowest BCUT2D eigenvalue weighted by molar-refractivity contribution is 0.0621. The van der Waals surface area contributed by atoms with Crippen LogP contribution in [0.2, 0.25) is 0 Å². The quantitative estimate of drug-likeness (QED) is 0.764. The third kappa shape index (κ3) is 5.67. The van der Waals surface area contributed by atoms with E-state index in [1.165, 1.54) is 17.1 Å². The second-order valence-corrected chi connectivity index (χ2v) is 8.43. The Kier molecular flexibility index (Phi) is 9.30. The fraction of sp³-hybridized carbons (Fsp3) is 0.500. The molecule has 2 saturated heterocycles. The number of hydrogen-bond acceptors (Lipinski definition) is 5. The first kappa shape index (κ1) is 24.0. The van der Waals surface area contributed by atoms with Crippen LogP contribution in [-0.2, 0) is 13.6 Å². The minimum absolute atomic E-state index is 0. The molecule has 0 saturated carbocycles. The molecule has 1 N–H and O–H groups in total. The van der Waals surface area contributed by atoms with Crippen LogP contribution in [-0.4, -0.2) is 69.5 Å². The van der Waals surface area contributed by atoms with Crippen molar-refractivity contribution in [1.82, 2.24) is 24.7 Å². The van der Waals surface area contributed by atoms with Crippen molar-refractivity contribution in [3.05, 3.63) is 53.6 Å². The van der Waals surface area contributed by atoms with Crippen molar-refractivity contribution >= 4 is 42.5 Å². The predicted octanol–water partition coefficient (Wildman–Crippen LogP) is 2.60. The average molecular weight is 458 g/mol. The lowest BCUT2D eigenvalue weighted by Gasteiger charge is -2.35. The molecule has 1 atom stereocenters. The molecule has 29 heavy (non-hydrogen) atoms. The molecule has 6 nitrogen and oxygen atoms in total. The third-order valence-corrected chi connectivity index (χ3v) is 6.31. The highest BCUT2D eigenvalue weighted by atomic mass is 35.5. The van der Waals surface area contributed by atoms with Crippen molar-refractivity contribution < 1.29 is 4.79 Å². The highest BCUT2D eigenvalue weighted by Crippen LogP contribution is 2.23. The Labute approximate surface area is 189 Å². The van der Waals surface area contributed by atoms with Gasteiger partial charge in [-0.1, -0.05) is 12.1 Å². The number of rotatable bonds is 4. The summed E-state index contributed by atoms with van der Waals surface area (Å²) in [6.45, 7) is 5.52. The largest absolute Gasteiger partial charge is 0.336 e. The van der Waals surface area contributed by atoms with Crippen LogP contribution >= 0.6 is 36.6 Å². The van der Waals surface area contributed by atoms with Gasteiger partial charge in [0.05, 0.1) is 0 Å². The maximum Gasteiger partial charge on any atom is 0.254 e. The van der Waals surface area contributed by atoms with Crippen LogP contribution < -0.4 is 5.32 Å². The van der Waals surface area contributed by atoms with E-state index in [9.17, 15) is 4.79 Å². The van der Waals surface area contributed by atoms with Gasteiger partial charge in [-0.15, -0.1) is 24.8 Å². The number of thioether (sulfide) groups is 1.